The molecule has 2 atom stereocenters. The maximum atomic E-state index is 12.0. The number of methoxy groups -OCH3 is 1. The largest absolute Gasteiger partial charge is 0.480 e. The van der Waals surface area contributed by atoms with Crippen LogP contribution in [0.25, 0.3) is 0 Å². The molecule has 0 aromatic carbocycles. The number of aliphatic carboxylic acids is 1. The third-order valence-corrected chi connectivity index (χ3v) is 2.98. The Bertz CT molecular complexity index is 283. The number of carboxylic acids is 1. The predicted octanol–water partition coefficient (Wildman–Crippen LogP) is -0.184. The van der Waals surface area contributed by atoms with Gasteiger partial charge in [0.1, 0.15) is 12.1 Å². The number of hydrogen-bond acceptors (Lipinski definition) is 4. The van der Waals surface area contributed by atoms with E-state index in [1.165, 1.54) is 12.0 Å². The van der Waals surface area contributed by atoms with Crippen molar-refractivity contribution >= 4 is 11.9 Å². The van der Waals surface area contributed by atoms with Crippen molar-refractivity contribution in [2.75, 3.05) is 20.3 Å². The Labute approximate surface area is 101 Å². The molecule has 3 N–H and O–H groups in total. The van der Waals surface area contributed by atoms with Crippen molar-refractivity contribution in [2.45, 2.75) is 37.8 Å². The number of rotatable bonds is 4. The zero-order valence-electron chi connectivity index (χ0n) is 10.1. The van der Waals surface area contributed by atoms with Gasteiger partial charge in [0.25, 0.3) is 0 Å². The fourth-order valence-electron chi connectivity index (χ4n) is 2.09. The van der Waals surface area contributed by atoms with Gasteiger partial charge in [0.15, 0.2) is 0 Å². The van der Waals surface area contributed by atoms with Crippen molar-refractivity contribution in [3.63, 3.8) is 0 Å². The standard InChI is InChI=1S/C11H20N2O4/c1-17-7-8(12)10(14)13-6-4-2-3-5-9(13)11(15)16/h8-9H,2-7,12H2,1H3,(H,15,16). The molecule has 17 heavy (non-hydrogen) atoms. The smallest absolute Gasteiger partial charge is 0.326 e. The topological polar surface area (TPSA) is 92.9 Å². The summed E-state index contributed by atoms with van der Waals surface area (Å²) in [4.78, 5) is 24.5. The molecular formula is C11H20N2O4. The Morgan fingerprint density at radius 1 is 1.47 bits per heavy atom. The van der Waals surface area contributed by atoms with E-state index >= 15 is 0 Å². The van der Waals surface area contributed by atoms with Crippen molar-refractivity contribution in [3.05, 3.63) is 0 Å². The van der Waals surface area contributed by atoms with Crippen LogP contribution in [0.3, 0.4) is 0 Å². The lowest BCUT2D eigenvalue weighted by molar-refractivity contribution is -0.151. The summed E-state index contributed by atoms with van der Waals surface area (Å²) in [5.41, 5.74) is 5.66. The minimum absolute atomic E-state index is 0.113. The van der Waals surface area contributed by atoms with Crippen molar-refractivity contribution < 1.29 is 19.4 Å². The Hall–Kier alpha value is -1.14. The molecule has 0 bridgehead atoms. The van der Waals surface area contributed by atoms with Crippen molar-refractivity contribution in [2.24, 2.45) is 5.73 Å². The number of nitrogens with zero attached hydrogens (tertiary/aromatic N) is 1. The number of ether oxygens (including phenoxy) is 1. The minimum Gasteiger partial charge on any atom is -0.480 e. The highest BCUT2D eigenvalue weighted by Gasteiger charge is 2.33. The first kappa shape index (κ1) is 13.9. The molecule has 1 fully saturated rings. The Morgan fingerprint density at radius 2 is 2.18 bits per heavy atom. The summed E-state index contributed by atoms with van der Waals surface area (Å²) in [5.74, 6) is -1.29. The van der Waals surface area contributed by atoms with E-state index in [1.54, 1.807) is 0 Å². The third-order valence-electron chi connectivity index (χ3n) is 2.98. The molecule has 0 aliphatic carbocycles. The van der Waals surface area contributed by atoms with Gasteiger partial charge in [-0.15, -0.1) is 0 Å². The van der Waals surface area contributed by atoms with Crippen LogP contribution in [0.4, 0.5) is 0 Å². The summed E-state index contributed by atoms with van der Waals surface area (Å²) < 4.78 is 4.82. The Morgan fingerprint density at radius 3 is 2.76 bits per heavy atom. The Kier molecular flexibility index (Phi) is 5.37. The van der Waals surface area contributed by atoms with Crippen LogP contribution in [0.2, 0.25) is 0 Å². The summed E-state index contributed by atoms with van der Waals surface area (Å²) in [6, 6.07) is -1.52. The molecule has 1 rings (SSSR count). The summed E-state index contributed by atoms with van der Waals surface area (Å²) in [5, 5.41) is 9.13. The molecule has 0 saturated carbocycles. The summed E-state index contributed by atoms with van der Waals surface area (Å²) in [7, 11) is 1.46. The first-order valence-electron chi connectivity index (χ1n) is 5.85. The number of amides is 1. The highest BCUT2D eigenvalue weighted by atomic mass is 16.5. The quantitative estimate of drug-likeness (QED) is 0.715. The van der Waals surface area contributed by atoms with Gasteiger partial charge in [0.2, 0.25) is 5.91 Å². The molecule has 0 radical (unpaired) electrons. The molecule has 1 saturated heterocycles. The molecule has 0 spiro atoms. The lowest BCUT2D eigenvalue weighted by atomic mass is 10.1. The fraction of sp³-hybridized carbons (Fsp3) is 0.818. The number of likely N-dealkylation sites (tertiary alicyclic amines) is 1. The molecular weight excluding hydrogens is 224 g/mol. The molecule has 1 aliphatic heterocycles. The van der Waals surface area contributed by atoms with E-state index in [9.17, 15) is 9.59 Å². The highest BCUT2D eigenvalue weighted by molar-refractivity contribution is 5.87. The van der Waals surface area contributed by atoms with Crippen LogP contribution in [0.5, 0.6) is 0 Å². The van der Waals surface area contributed by atoms with E-state index in [1.807, 2.05) is 0 Å². The molecule has 6 nitrogen and oxygen atoms in total. The average Bonchev–Trinajstić information content (AvgIpc) is 2.53. The van der Waals surface area contributed by atoms with Crippen molar-refractivity contribution in [1.29, 1.82) is 0 Å². The molecule has 2 unspecified atom stereocenters. The number of hydrogen-bond donors (Lipinski definition) is 2. The van der Waals surface area contributed by atoms with Gasteiger partial charge in [-0.3, -0.25) is 4.79 Å². The van der Waals surface area contributed by atoms with E-state index in [-0.39, 0.29) is 12.5 Å². The molecule has 1 aliphatic rings. The number of carbonyl (C=O) groups is 2. The number of nitrogens with two attached hydrogens (primary N) is 1. The average molecular weight is 244 g/mol. The molecule has 6 heteroatoms. The second-order valence-electron chi connectivity index (χ2n) is 4.30. The molecule has 1 amide bonds. The molecule has 0 aromatic heterocycles. The maximum Gasteiger partial charge on any atom is 0.326 e. The van der Waals surface area contributed by atoms with Gasteiger partial charge in [0.05, 0.1) is 6.61 Å². The van der Waals surface area contributed by atoms with Gasteiger partial charge in [0, 0.05) is 13.7 Å². The normalized spacial score (nSPS) is 22.9. The van der Waals surface area contributed by atoms with E-state index in [4.69, 9.17) is 15.6 Å². The predicted molar refractivity (Wildman–Crippen MR) is 61.5 cm³/mol. The SMILES string of the molecule is COCC(N)C(=O)N1CCCCCC1C(=O)O. The third kappa shape index (κ3) is 3.67. The van der Waals surface area contributed by atoms with Gasteiger partial charge >= 0.3 is 5.97 Å². The summed E-state index contributed by atoms with van der Waals surface area (Å²) >= 11 is 0. The van der Waals surface area contributed by atoms with Crippen LogP contribution in [-0.4, -0.2) is 54.2 Å². The van der Waals surface area contributed by atoms with Crippen molar-refractivity contribution in [3.8, 4) is 0 Å². The summed E-state index contributed by atoms with van der Waals surface area (Å²) in [6.07, 6.45) is 3.11. The van der Waals surface area contributed by atoms with Crippen LogP contribution < -0.4 is 5.73 Å². The van der Waals surface area contributed by atoms with Crippen LogP contribution in [0.15, 0.2) is 0 Å². The lowest BCUT2D eigenvalue weighted by Gasteiger charge is -2.29. The Balaban J connectivity index is 2.74. The van der Waals surface area contributed by atoms with E-state index in [0.717, 1.165) is 19.3 Å². The van der Waals surface area contributed by atoms with Crippen LogP contribution >= 0.6 is 0 Å². The van der Waals surface area contributed by atoms with E-state index < -0.39 is 18.1 Å². The van der Waals surface area contributed by atoms with Crippen LogP contribution in [-0.2, 0) is 14.3 Å². The zero-order valence-corrected chi connectivity index (χ0v) is 10.1. The second-order valence-corrected chi connectivity index (χ2v) is 4.30. The summed E-state index contributed by atoms with van der Waals surface area (Å²) in [6.45, 7) is 0.578. The van der Waals surface area contributed by atoms with Crippen LogP contribution in [0, 0.1) is 0 Å². The zero-order chi connectivity index (χ0) is 12.8. The van der Waals surface area contributed by atoms with Gasteiger partial charge in [-0.1, -0.05) is 12.8 Å². The molecule has 0 aromatic rings. The van der Waals surface area contributed by atoms with Crippen LogP contribution in [0.1, 0.15) is 25.7 Å². The van der Waals surface area contributed by atoms with E-state index in [0.29, 0.717) is 13.0 Å². The van der Waals surface area contributed by atoms with Gasteiger partial charge in [-0.05, 0) is 12.8 Å². The first-order chi connectivity index (χ1) is 8.07. The second kappa shape index (κ2) is 6.56. The van der Waals surface area contributed by atoms with Gasteiger partial charge in [-0.2, -0.15) is 0 Å². The molecule has 98 valence electrons. The number of carboxylic acid groups (broad SMARTS) is 1. The highest BCUT2D eigenvalue weighted by Crippen LogP contribution is 2.17. The molecule has 1 heterocycles. The van der Waals surface area contributed by atoms with Gasteiger partial charge in [-0.25, -0.2) is 4.79 Å². The monoisotopic (exact) mass is 244 g/mol. The minimum atomic E-state index is -0.954. The fourth-order valence-corrected chi connectivity index (χ4v) is 2.09. The number of carbonyl (C=O) groups excluding carboxylic acids is 1. The van der Waals surface area contributed by atoms with Crippen molar-refractivity contribution in [1.82, 2.24) is 4.90 Å². The van der Waals surface area contributed by atoms with Gasteiger partial charge < -0.3 is 20.5 Å². The maximum absolute atomic E-state index is 12.0. The first-order valence-corrected chi connectivity index (χ1v) is 5.85. The van der Waals surface area contributed by atoms with E-state index in [2.05, 4.69) is 0 Å². The lowest BCUT2D eigenvalue weighted by Crippen LogP contribution is -2.52.